The van der Waals surface area contributed by atoms with Gasteiger partial charge in [0.2, 0.25) is 5.96 Å². The molecule has 1 aromatic rings. The summed E-state index contributed by atoms with van der Waals surface area (Å²) in [5.74, 6) is 6.70. The highest BCUT2D eigenvalue weighted by atomic mass is 15.4. The lowest BCUT2D eigenvalue weighted by atomic mass is 10.2. The van der Waals surface area contributed by atoms with E-state index in [1.54, 1.807) is 12.4 Å². The van der Waals surface area contributed by atoms with Crippen molar-refractivity contribution in [2.45, 2.75) is 20.4 Å². The minimum absolute atomic E-state index is 0.521. The van der Waals surface area contributed by atoms with Crippen molar-refractivity contribution < 1.29 is 0 Å². The summed E-state index contributed by atoms with van der Waals surface area (Å²) in [5.41, 5.74) is 3.81. The van der Waals surface area contributed by atoms with Gasteiger partial charge in [0.05, 0.1) is 0 Å². The topological polar surface area (TPSA) is 66.5 Å². The van der Waals surface area contributed by atoms with E-state index in [4.69, 9.17) is 5.84 Å². The van der Waals surface area contributed by atoms with Gasteiger partial charge in [-0.25, -0.2) is 5.84 Å². The third kappa shape index (κ3) is 4.82. The molecule has 0 saturated heterocycles. The van der Waals surface area contributed by atoms with Gasteiger partial charge in [0.1, 0.15) is 0 Å². The van der Waals surface area contributed by atoms with Crippen LogP contribution in [0.15, 0.2) is 29.5 Å². The molecule has 5 heteroatoms. The molecule has 1 heterocycles. The Morgan fingerprint density at radius 3 is 2.65 bits per heavy atom. The summed E-state index contributed by atoms with van der Waals surface area (Å²) in [6, 6.07) is 3.96. The van der Waals surface area contributed by atoms with Gasteiger partial charge in [-0.2, -0.15) is 0 Å². The maximum absolute atomic E-state index is 5.48. The Morgan fingerprint density at radius 2 is 2.12 bits per heavy atom. The minimum atomic E-state index is 0.521. The van der Waals surface area contributed by atoms with E-state index < -0.39 is 0 Å². The molecule has 5 nitrogen and oxygen atoms in total. The molecule has 0 bridgehead atoms. The quantitative estimate of drug-likeness (QED) is 0.353. The lowest BCUT2D eigenvalue weighted by molar-refractivity contribution is 0.473. The highest BCUT2D eigenvalue weighted by Gasteiger charge is 2.05. The number of hydrazine groups is 1. The van der Waals surface area contributed by atoms with Crippen LogP contribution in [-0.2, 0) is 6.54 Å². The zero-order valence-corrected chi connectivity index (χ0v) is 10.7. The zero-order valence-electron chi connectivity index (χ0n) is 10.7. The maximum Gasteiger partial charge on any atom is 0.208 e. The fourth-order valence-corrected chi connectivity index (χ4v) is 1.38. The summed E-state index contributed by atoms with van der Waals surface area (Å²) in [4.78, 5) is 10.4. The van der Waals surface area contributed by atoms with Gasteiger partial charge < -0.3 is 4.90 Å². The molecule has 3 N–H and O–H groups in total. The van der Waals surface area contributed by atoms with Gasteiger partial charge in [0.25, 0.3) is 0 Å². The van der Waals surface area contributed by atoms with Crippen molar-refractivity contribution in [3.05, 3.63) is 30.1 Å². The summed E-state index contributed by atoms with van der Waals surface area (Å²) < 4.78 is 0. The van der Waals surface area contributed by atoms with Gasteiger partial charge in [0, 0.05) is 32.5 Å². The number of aliphatic imine (C=N–C) groups is 1. The molecule has 0 aliphatic heterocycles. The van der Waals surface area contributed by atoms with Crippen LogP contribution in [0.4, 0.5) is 0 Å². The normalized spacial score (nSPS) is 11.7. The number of aromatic nitrogens is 1. The predicted molar refractivity (Wildman–Crippen MR) is 70.2 cm³/mol. The number of guanidine groups is 1. The van der Waals surface area contributed by atoms with Gasteiger partial charge in [-0.3, -0.25) is 15.4 Å². The minimum Gasteiger partial charge on any atom is -0.341 e. The molecule has 0 atom stereocenters. The second-order valence-corrected chi connectivity index (χ2v) is 4.41. The number of nitrogens with zero attached hydrogens (tertiary/aromatic N) is 3. The van der Waals surface area contributed by atoms with Gasteiger partial charge in [0.15, 0.2) is 0 Å². The molecule has 0 spiro atoms. The molecular weight excluding hydrogens is 214 g/mol. The van der Waals surface area contributed by atoms with Crippen LogP contribution in [0.3, 0.4) is 0 Å². The first-order valence-corrected chi connectivity index (χ1v) is 5.74. The Bertz CT molecular complexity index is 347. The molecular formula is C12H21N5. The first-order valence-electron chi connectivity index (χ1n) is 5.74. The first kappa shape index (κ1) is 13.4. The summed E-state index contributed by atoms with van der Waals surface area (Å²) >= 11 is 0. The Kier molecular flexibility index (Phi) is 5.42. The molecule has 0 fully saturated rings. The monoisotopic (exact) mass is 235 g/mol. The Balaban J connectivity index is 2.61. The van der Waals surface area contributed by atoms with Crippen molar-refractivity contribution in [1.82, 2.24) is 15.3 Å². The van der Waals surface area contributed by atoms with Crippen LogP contribution < -0.4 is 11.3 Å². The highest BCUT2D eigenvalue weighted by molar-refractivity contribution is 5.79. The molecule has 0 amide bonds. The van der Waals surface area contributed by atoms with E-state index in [2.05, 4.69) is 29.2 Å². The van der Waals surface area contributed by atoms with Crippen molar-refractivity contribution in [3.63, 3.8) is 0 Å². The van der Waals surface area contributed by atoms with Crippen molar-refractivity contribution in [1.29, 1.82) is 0 Å². The van der Waals surface area contributed by atoms with Gasteiger partial charge in [-0.15, -0.1) is 0 Å². The molecule has 1 rings (SSSR count). The summed E-state index contributed by atoms with van der Waals surface area (Å²) in [5, 5.41) is 0. The average Bonchev–Trinajstić information content (AvgIpc) is 2.30. The van der Waals surface area contributed by atoms with E-state index in [-0.39, 0.29) is 0 Å². The molecule has 17 heavy (non-hydrogen) atoms. The third-order valence-corrected chi connectivity index (χ3v) is 2.27. The molecule has 0 aliphatic rings. The first-order chi connectivity index (χ1) is 8.13. The van der Waals surface area contributed by atoms with Crippen LogP contribution in [0, 0.1) is 5.92 Å². The van der Waals surface area contributed by atoms with Crippen molar-refractivity contribution in [3.8, 4) is 0 Å². The second kappa shape index (κ2) is 6.85. The van der Waals surface area contributed by atoms with E-state index in [0.717, 1.165) is 13.1 Å². The number of nitrogens with one attached hydrogen (secondary N) is 1. The molecule has 0 unspecified atom stereocenters. The number of hydrogen-bond acceptors (Lipinski definition) is 3. The smallest absolute Gasteiger partial charge is 0.208 e. The van der Waals surface area contributed by atoms with Crippen molar-refractivity contribution in [2.24, 2.45) is 16.8 Å². The van der Waals surface area contributed by atoms with Crippen LogP contribution >= 0.6 is 0 Å². The predicted octanol–water partition coefficient (Wildman–Crippen LogP) is 0.989. The number of nitrogens with two attached hydrogens (primary N) is 1. The van der Waals surface area contributed by atoms with E-state index in [1.165, 1.54) is 5.56 Å². The molecule has 0 aliphatic carbocycles. The van der Waals surface area contributed by atoms with Crippen LogP contribution in [-0.4, -0.2) is 29.4 Å². The summed E-state index contributed by atoms with van der Waals surface area (Å²) in [7, 11) is 1.96. The standard InChI is InChI=1S/C12H21N5/c1-10(2)8-15-12(16-13)17(3)9-11-4-6-14-7-5-11/h4-7,10H,8-9,13H2,1-3H3,(H,15,16). The Labute approximate surface area is 103 Å². The molecule has 0 aromatic carbocycles. The number of rotatable bonds is 4. The highest BCUT2D eigenvalue weighted by Crippen LogP contribution is 2.01. The fraction of sp³-hybridized carbons (Fsp3) is 0.500. The zero-order chi connectivity index (χ0) is 12.7. The van der Waals surface area contributed by atoms with E-state index in [0.29, 0.717) is 11.9 Å². The number of hydrogen-bond donors (Lipinski definition) is 2. The maximum atomic E-state index is 5.48. The SMILES string of the molecule is CC(C)CN=C(NN)N(C)Cc1ccncc1. The molecule has 0 saturated carbocycles. The fourth-order valence-electron chi connectivity index (χ4n) is 1.38. The molecule has 0 radical (unpaired) electrons. The van der Waals surface area contributed by atoms with Crippen LogP contribution in [0.2, 0.25) is 0 Å². The van der Waals surface area contributed by atoms with Crippen LogP contribution in [0.1, 0.15) is 19.4 Å². The third-order valence-electron chi connectivity index (χ3n) is 2.27. The number of pyridine rings is 1. The van der Waals surface area contributed by atoms with Gasteiger partial charge in [-0.05, 0) is 23.6 Å². The van der Waals surface area contributed by atoms with Crippen LogP contribution in [0.5, 0.6) is 0 Å². The molecule has 94 valence electrons. The summed E-state index contributed by atoms with van der Waals surface area (Å²) in [6.07, 6.45) is 3.56. The van der Waals surface area contributed by atoms with E-state index in [1.807, 2.05) is 24.1 Å². The summed E-state index contributed by atoms with van der Waals surface area (Å²) in [6.45, 7) is 5.77. The van der Waals surface area contributed by atoms with Crippen LogP contribution in [0.25, 0.3) is 0 Å². The van der Waals surface area contributed by atoms with Crippen molar-refractivity contribution in [2.75, 3.05) is 13.6 Å². The Hall–Kier alpha value is -1.62. The van der Waals surface area contributed by atoms with Gasteiger partial charge >= 0.3 is 0 Å². The van der Waals surface area contributed by atoms with Crippen molar-refractivity contribution >= 4 is 5.96 Å². The second-order valence-electron chi connectivity index (χ2n) is 4.41. The van der Waals surface area contributed by atoms with Gasteiger partial charge in [-0.1, -0.05) is 13.8 Å². The lowest BCUT2D eigenvalue weighted by Crippen LogP contribution is -2.42. The Morgan fingerprint density at radius 1 is 1.47 bits per heavy atom. The van der Waals surface area contributed by atoms with E-state index in [9.17, 15) is 0 Å². The average molecular weight is 235 g/mol. The molecule has 1 aromatic heterocycles. The largest absolute Gasteiger partial charge is 0.341 e. The lowest BCUT2D eigenvalue weighted by Gasteiger charge is -2.20. The van der Waals surface area contributed by atoms with E-state index >= 15 is 0 Å².